The van der Waals surface area contributed by atoms with Crippen LogP contribution in [0.5, 0.6) is 0 Å². The van der Waals surface area contributed by atoms with Crippen LogP contribution in [0.4, 0.5) is 10.5 Å². The van der Waals surface area contributed by atoms with Gasteiger partial charge in [0.05, 0.1) is 11.3 Å². The third-order valence-electron chi connectivity index (χ3n) is 5.59. The van der Waals surface area contributed by atoms with Crippen LogP contribution < -0.4 is 4.90 Å². The Morgan fingerprint density at radius 1 is 1.16 bits per heavy atom. The number of ether oxygens (including phenoxy) is 2. The topological polar surface area (TPSA) is 153 Å². The first-order chi connectivity index (χ1) is 15.2. The van der Waals surface area contributed by atoms with Crippen LogP contribution in [0.25, 0.3) is 11.6 Å². The van der Waals surface area contributed by atoms with E-state index < -0.39 is 49.3 Å². The summed E-state index contributed by atoms with van der Waals surface area (Å²) in [7, 11) is 0. The van der Waals surface area contributed by atoms with Gasteiger partial charge in [0.2, 0.25) is 0 Å². The van der Waals surface area contributed by atoms with Crippen molar-refractivity contribution in [1.29, 1.82) is 0 Å². The van der Waals surface area contributed by atoms with Gasteiger partial charge < -0.3 is 34.9 Å². The number of nitrogens with zero attached hydrogens (tertiary/aromatic N) is 1. The highest BCUT2D eigenvalue weighted by molar-refractivity contribution is 6.41. The number of aromatic nitrogens is 1. The van der Waals surface area contributed by atoms with Gasteiger partial charge >= 0.3 is 6.09 Å². The summed E-state index contributed by atoms with van der Waals surface area (Å²) in [5.41, 5.74) is 3.84. The maximum Gasteiger partial charge on any atom is 0.421 e. The van der Waals surface area contributed by atoms with Gasteiger partial charge in [-0.1, -0.05) is 18.2 Å². The SMILES string of the molecule is Cc1cc(C)c(/C=C2\C(=O)N(C(=O)OCC3OC(O)[C@H](O)[C@@H](O)[C@H]3O)c3ccccc32)[nH]1. The predicted molar refractivity (Wildman–Crippen MR) is 112 cm³/mol. The normalized spacial score (nSPS) is 28.8. The van der Waals surface area contributed by atoms with Crippen molar-refractivity contribution in [3.63, 3.8) is 0 Å². The molecule has 0 saturated carbocycles. The number of fused-ring (bicyclic) bond motifs is 1. The maximum atomic E-state index is 13.1. The lowest BCUT2D eigenvalue weighted by Crippen LogP contribution is -2.58. The number of imide groups is 1. The molecule has 10 nitrogen and oxygen atoms in total. The Balaban J connectivity index is 1.55. The Labute approximate surface area is 183 Å². The Kier molecular flexibility index (Phi) is 5.89. The molecule has 2 aromatic rings. The molecule has 0 bridgehead atoms. The minimum Gasteiger partial charge on any atom is -0.446 e. The Morgan fingerprint density at radius 3 is 2.56 bits per heavy atom. The van der Waals surface area contributed by atoms with Gasteiger partial charge in [-0.3, -0.25) is 4.79 Å². The fourth-order valence-electron chi connectivity index (χ4n) is 3.89. The number of hydrogen-bond acceptors (Lipinski definition) is 8. The molecule has 0 aliphatic carbocycles. The molecule has 2 amide bonds. The second kappa shape index (κ2) is 8.49. The fraction of sp³-hybridized carbons (Fsp3) is 0.364. The second-order valence-electron chi connectivity index (χ2n) is 7.88. The number of benzene rings is 1. The molecule has 32 heavy (non-hydrogen) atoms. The van der Waals surface area contributed by atoms with Crippen molar-refractivity contribution < 1.29 is 39.5 Å². The molecule has 0 radical (unpaired) electrons. The van der Waals surface area contributed by atoms with E-state index in [1.54, 1.807) is 30.3 Å². The second-order valence-corrected chi connectivity index (χ2v) is 7.88. The van der Waals surface area contributed by atoms with E-state index in [0.717, 1.165) is 21.9 Å². The highest BCUT2D eigenvalue weighted by Crippen LogP contribution is 2.38. The number of amides is 2. The molecule has 2 unspecified atom stereocenters. The monoisotopic (exact) mass is 444 g/mol. The van der Waals surface area contributed by atoms with Gasteiger partial charge in [-0.25, -0.2) is 9.69 Å². The average Bonchev–Trinajstić information content (AvgIpc) is 3.23. The molecule has 2 aliphatic rings. The average molecular weight is 444 g/mol. The van der Waals surface area contributed by atoms with E-state index in [4.69, 9.17) is 9.47 Å². The van der Waals surface area contributed by atoms with Crippen LogP contribution in [0.15, 0.2) is 30.3 Å². The van der Waals surface area contributed by atoms with Crippen LogP contribution in [0.2, 0.25) is 0 Å². The van der Waals surface area contributed by atoms with Crippen LogP contribution in [0.1, 0.15) is 22.5 Å². The van der Waals surface area contributed by atoms with Crippen LogP contribution in [-0.2, 0) is 14.3 Å². The summed E-state index contributed by atoms with van der Waals surface area (Å²) in [6.07, 6.45) is -7.35. The van der Waals surface area contributed by atoms with Gasteiger partial charge in [0.15, 0.2) is 6.29 Å². The van der Waals surface area contributed by atoms with Crippen LogP contribution >= 0.6 is 0 Å². The largest absolute Gasteiger partial charge is 0.446 e. The van der Waals surface area contributed by atoms with Gasteiger partial charge in [-0.2, -0.15) is 0 Å². The smallest absolute Gasteiger partial charge is 0.421 e. The third-order valence-corrected chi connectivity index (χ3v) is 5.59. The molecule has 2 aliphatic heterocycles. The number of anilines is 1. The van der Waals surface area contributed by atoms with Crippen LogP contribution in [-0.4, -0.2) is 74.7 Å². The van der Waals surface area contributed by atoms with Crippen LogP contribution in [0, 0.1) is 13.8 Å². The Bertz CT molecular complexity index is 1080. The van der Waals surface area contributed by atoms with Crippen molar-refractivity contribution in [2.45, 2.75) is 44.6 Å². The van der Waals surface area contributed by atoms with E-state index in [1.807, 2.05) is 19.9 Å². The van der Waals surface area contributed by atoms with Crippen molar-refractivity contribution in [1.82, 2.24) is 4.98 Å². The quantitative estimate of drug-likeness (QED) is 0.428. The Hall–Kier alpha value is -3.02. The zero-order valence-electron chi connectivity index (χ0n) is 17.4. The number of hydrogen-bond donors (Lipinski definition) is 5. The first-order valence-electron chi connectivity index (χ1n) is 10.0. The summed E-state index contributed by atoms with van der Waals surface area (Å²) < 4.78 is 10.2. The van der Waals surface area contributed by atoms with E-state index in [-0.39, 0.29) is 0 Å². The third kappa shape index (κ3) is 3.83. The van der Waals surface area contributed by atoms with E-state index >= 15 is 0 Å². The lowest BCUT2D eigenvalue weighted by Gasteiger charge is -2.37. The number of H-pyrrole nitrogens is 1. The number of carbonyl (C=O) groups is 2. The van der Waals surface area contributed by atoms with Crippen molar-refractivity contribution in [3.8, 4) is 0 Å². The number of aliphatic hydroxyl groups is 4. The summed E-state index contributed by atoms with van der Waals surface area (Å²) >= 11 is 0. The van der Waals surface area contributed by atoms with E-state index in [2.05, 4.69) is 4.98 Å². The predicted octanol–water partition coefficient (Wildman–Crippen LogP) is 0.455. The molecule has 0 spiro atoms. The Morgan fingerprint density at radius 2 is 1.88 bits per heavy atom. The first kappa shape index (κ1) is 22.2. The number of para-hydroxylation sites is 1. The minimum absolute atomic E-state index is 0.311. The summed E-state index contributed by atoms with van der Waals surface area (Å²) in [6.45, 7) is 3.25. The number of aryl methyl sites for hydroxylation is 2. The van der Waals surface area contributed by atoms with E-state index in [9.17, 15) is 30.0 Å². The molecule has 10 heteroatoms. The van der Waals surface area contributed by atoms with Crippen molar-refractivity contribution in [2.24, 2.45) is 0 Å². The molecule has 5 N–H and O–H groups in total. The molecule has 4 rings (SSSR count). The molecule has 1 aromatic heterocycles. The molecule has 1 saturated heterocycles. The van der Waals surface area contributed by atoms with Gasteiger partial charge in [0.25, 0.3) is 5.91 Å². The molecular weight excluding hydrogens is 420 g/mol. The van der Waals surface area contributed by atoms with Gasteiger partial charge in [-0.05, 0) is 37.6 Å². The van der Waals surface area contributed by atoms with Crippen molar-refractivity contribution in [2.75, 3.05) is 11.5 Å². The summed E-state index contributed by atoms with van der Waals surface area (Å²) in [5, 5.41) is 39.0. The van der Waals surface area contributed by atoms with Gasteiger partial charge in [0, 0.05) is 17.0 Å². The van der Waals surface area contributed by atoms with E-state index in [1.165, 1.54) is 0 Å². The maximum absolute atomic E-state index is 13.1. The summed E-state index contributed by atoms with van der Waals surface area (Å²) in [4.78, 5) is 30.0. The van der Waals surface area contributed by atoms with Crippen molar-refractivity contribution in [3.05, 3.63) is 52.8 Å². The molecule has 170 valence electrons. The molecular formula is C22H24N2O8. The summed E-state index contributed by atoms with van der Waals surface area (Å²) in [6, 6.07) is 8.71. The highest BCUT2D eigenvalue weighted by Gasteiger charge is 2.44. The first-order valence-corrected chi connectivity index (χ1v) is 10.0. The number of nitrogens with one attached hydrogen (secondary N) is 1. The zero-order valence-corrected chi connectivity index (χ0v) is 17.4. The number of aliphatic hydroxyl groups excluding tert-OH is 4. The standard InChI is InChI=1S/C22H24N2O8/c1-10-7-11(2)23-14(10)8-13-12-5-3-4-6-15(12)24(20(13)28)22(30)31-9-16-17(25)18(26)19(27)21(29)32-16/h3-8,16-19,21,23,25-27,29H,9H2,1-2H3/b13-8-/t16?,17-,18-,19+,21?/m0/s1. The molecule has 1 aromatic carbocycles. The van der Waals surface area contributed by atoms with Crippen molar-refractivity contribution >= 4 is 29.3 Å². The zero-order chi connectivity index (χ0) is 23.2. The summed E-state index contributed by atoms with van der Waals surface area (Å²) in [5.74, 6) is -0.580. The highest BCUT2D eigenvalue weighted by atomic mass is 16.7. The van der Waals surface area contributed by atoms with Crippen LogP contribution in [0.3, 0.4) is 0 Å². The molecule has 1 fully saturated rings. The lowest BCUT2D eigenvalue weighted by atomic mass is 9.99. The fourth-order valence-corrected chi connectivity index (χ4v) is 3.89. The molecule has 5 atom stereocenters. The lowest BCUT2D eigenvalue weighted by molar-refractivity contribution is -0.286. The number of aromatic amines is 1. The van der Waals surface area contributed by atoms with Gasteiger partial charge in [-0.15, -0.1) is 0 Å². The molecule has 3 heterocycles. The minimum atomic E-state index is -1.76. The number of rotatable bonds is 3. The van der Waals surface area contributed by atoms with Gasteiger partial charge in [0.1, 0.15) is 31.0 Å². The van der Waals surface area contributed by atoms with E-state index in [0.29, 0.717) is 16.8 Å². The number of carbonyl (C=O) groups excluding carboxylic acids is 2.